The van der Waals surface area contributed by atoms with Crippen LogP contribution < -0.4 is 28.4 Å². The summed E-state index contributed by atoms with van der Waals surface area (Å²) in [4.78, 5) is 0. The normalized spacial score (nSPS) is 14.9. The second-order valence-corrected chi connectivity index (χ2v) is 9.13. The Hall–Kier alpha value is -2.58. The molecule has 6 nitrogen and oxygen atoms in total. The van der Waals surface area contributed by atoms with E-state index in [1.165, 1.54) is 0 Å². The molecule has 3 aliphatic rings. The zero-order valence-corrected chi connectivity index (χ0v) is 19.4. The standard InChI is InChI=1S/C23H16Br2O6/c24-16-7-22-20(28-10-30-22)5-14(16)1-12-3-18-19(27-9-26-18)4-13(12)2-15-6-21-23(8-17(15)25)31-11-29-21/h3-8H,1-2,9-11H2. The maximum Gasteiger partial charge on any atom is 0.231 e. The van der Waals surface area contributed by atoms with Crippen molar-refractivity contribution in [1.29, 1.82) is 0 Å². The highest BCUT2D eigenvalue weighted by Gasteiger charge is 2.22. The van der Waals surface area contributed by atoms with E-state index in [1.807, 2.05) is 24.3 Å². The van der Waals surface area contributed by atoms with Crippen molar-refractivity contribution in [3.05, 3.63) is 67.6 Å². The number of ether oxygens (including phenoxy) is 6. The molecular formula is C23H16Br2O6. The molecule has 31 heavy (non-hydrogen) atoms. The second kappa shape index (κ2) is 7.53. The smallest absolute Gasteiger partial charge is 0.231 e. The van der Waals surface area contributed by atoms with Gasteiger partial charge in [0.05, 0.1) is 0 Å². The molecular weight excluding hydrogens is 532 g/mol. The lowest BCUT2D eigenvalue weighted by Crippen LogP contribution is -2.00. The van der Waals surface area contributed by atoms with E-state index in [4.69, 9.17) is 28.4 Å². The van der Waals surface area contributed by atoms with Gasteiger partial charge in [-0.3, -0.25) is 0 Å². The summed E-state index contributed by atoms with van der Waals surface area (Å²) in [6.45, 7) is 0.733. The highest BCUT2D eigenvalue weighted by atomic mass is 79.9. The Labute approximate surface area is 195 Å². The summed E-state index contributed by atoms with van der Waals surface area (Å²) in [6, 6.07) is 12.1. The first kappa shape index (κ1) is 19.1. The first-order valence-electron chi connectivity index (χ1n) is 9.71. The van der Waals surface area contributed by atoms with E-state index in [1.54, 1.807) is 0 Å². The fraction of sp³-hybridized carbons (Fsp3) is 0.217. The molecule has 0 radical (unpaired) electrons. The molecule has 0 aliphatic carbocycles. The van der Waals surface area contributed by atoms with Crippen molar-refractivity contribution in [3.63, 3.8) is 0 Å². The van der Waals surface area contributed by atoms with Crippen molar-refractivity contribution >= 4 is 31.9 Å². The fourth-order valence-electron chi connectivity index (χ4n) is 3.96. The number of rotatable bonds is 4. The molecule has 0 atom stereocenters. The minimum atomic E-state index is 0.236. The van der Waals surface area contributed by atoms with Crippen LogP contribution >= 0.6 is 31.9 Å². The van der Waals surface area contributed by atoms with Gasteiger partial charge in [0.2, 0.25) is 20.4 Å². The van der Waals surface area contributed by atoms with Crippen molar-refractivity contribution in [2.45, 2.75) is 12.8 Å². The number of hydrogen-bond donors (Lipinski definition) is 0. The van der Waals surface area contributed by atoms with Crippen molar-refractivity contribution in [2.75, 3.05) is 20.4 Å². The lowest BCUT2D eigenvalue weighted by molar-refractivity contribution is 0.173. The lowest BCUT2D eigenvalue weighted by Gasteiger charge is -2.14. The third-order valence-electron chi connectivity index (χ3n) is 5.54. The molecule has 8 heteroatoms. The van der Waals surface area contributed by atoms with Gasteiger partial charge in [0.15, 0.2) is 34.5 Å². The predicted molar refractivity (Wildman–Crippen MR) is 119 cm³/mol. The summed E-state index contributed by atoms with van der Waals surface area (Å²) >= 11 is 7.35. The summed E-state index contributed by atoms with van der Waals surface area (Å²) in [5.74, 6) is 4.57. The van der Waals surface area contributed by atoms with Crippen LogP contribution in [-0.4, -0.2) is 20.4 Å². The lowest BCUT2D eigenvalue weighted by atomic mass is 9.94. The fourth-order valence-corrected chi connectivity index (χ4v) is 4.88. The van der Waals surface area contributed by atoms with Crippen LogP contribution in [0.15, 0.2) is 45.3 Å². The molecule has 3 aromatic carbocycles. The Morgan fingerprint density at radius 2 is 0.742 bits per heavy atom. The quantitative estimate of drug-likeness (QED) is 0.425. The van der Waals surface area contributed by atoms with E-state index >= 15 is 0 Å². The maximum absolute atomic E-state index is 5.65. The number of hydrogen-bond acceptors (Lipinski definition) is 6. The van der Waals surface area contributed by atoms with Gasteiger partial charge in [-0.25, -0.2) is 0 Å². The van der Waals surface area contributed by atoms with E-state index in [2.05, 4.69) is 44.0 Å². The van der Waals surface area contributed by atoms with Gasteiger partial charge in [-0.2, -0.15) is 0 Å². The molecule has 158 valence electrons. The van der Waals surface area contributed by atoms with Gasteiger partial charge in [0, 0.05) is 8.95 Å². The third-order valence-corrected chi connectivity index (χ3v) is 7.02. The molecule has 6 rings (SSSR count). The number of fused-ring (bicyclic) bond motifs is 3. The largest absolute Gasteiger partial charge is 0.454 e. The SMILES string of the molecule is Brc1cc2c(cc1Cc1cc3c(cc1Cc1cc4c(cc1Br)OCO4)OCO3)OCO2. The minimum Gasteiger partial charge on any atom is -0.454 e. The van der Waals surface area contributed by atoms with Gasteiger partial charge in [-0.15, -0.1) is 0 Å². The van der Waals surface area contributed by atoms with Crippen LogP contribution in [0.2, 0.25) is 0 Å². The van der Waals surface area contributed by atoms with E-state index in [0.29, 0.717) is 12.8 Å². The molecule has 0 unspecified atom stereocenters. The Bertz CT molecular complexity index is 1120. The van der Waals surface area contributed by atoms with Crippen molar-refractivity contribution in [3.8, 4) is 34.5 Å². The monoisotopic (exact) mass is 546 g/mol. The van der Waals surface area contributed by atoms with Gasteiger partial charge in [-0.05, 0) is 71.5 Å². The summed E-state index contributed by atoms with van der Waals surface area (Å²) in [7, 11) is 0. The number of benzene rings is 3. The molecule has 0 spiro atoms. The van der Waals surface area contributed by atoms with Crippen LogP contribution in [0.3, 0.4) is 0 Å². The molecule has 3 heterocycles. The van der Waals surface area contributed by atoms with E-state index in [-0.39, 0.29) is 20.4 Å². The molecule has 0 N–H and O–H groups in total. The van der Waals surface area contributed by atoms with Gasteiger partial charge < -0.3 is 28.4 Å². The van der Waals surface area contributed by atoms with E-state index < -0.39 is 0 Å². The summed E-state index contributed by atoms with van der Waals surface area (Å²) in [5, 5.41) is 0. The van der Waals surface area contributed by atoms with Crippen molar-refractivity contribution < 1.29 is 28.4 Å². The molecule has 0 amide bonds. The van der Waals surface area contributed by atoms with Crippen LogP contribution in [0.1, 0.15) is 22.3 Å². The topological polar surface area (TPSA) is 55.4 Å². The van der Waals surface area contributed by atoms with E-state index in [0.717, 1.165) is 65.7 Å². The molecule has 0 saturated carbocycles. The number of halogens is 2. The zero-order chi connectivity index (χ0) is 20.9. The summed E-state index contributed by atoms with van der Waals surface area (Å²) in [6.07, 6.45) is 1.40. The van der Waals surface area contributed by atoms with Crippen molar-refractivity contribution in [1.82, 2.24) is 0 Å². The Morgan fingerprint density at radius 1 is 0.452 bits per heavy atom. The Morgan fingerprint density at radius 3 is 1.10 bits per heavy atom. The Balaban J connectivity index is 1.39. The Kier molecular flexibility index (Phi) is 4.65. The first-order valence-corrected chi connectivity index (χ1v) is 11.3. The predicted octanol–water partition coefficient (Wildman–Crippen LogP) is 5.58. The van der Waals surface area contributed by atoms with Crippen LogP contribution in [0, 0.1) is 0 Å². The average molecular weight is 548 g/mol. The maximum atomic E-state index is 5.65. The molecule has 0 fully saturated rings. The summed E-state index contributed by atoms with van der Waals surface area (Å²) < 4.78 is 35.3. The van der Waals surface area contributed by atoms with Crippen LogP contribution in [0.5, 0.6) is 34.5 Å². The minimum absolute atomic E-state index is 0.236. The summed E-state index contributed by atoms with van der Waals surface area (Å²) in [5.41, 5.74) is 4.50. The molecule has 0 aromatic heterocycles. The first-order chi connectivity index (χ1) is 15.1. The van der Waals surface area contributed by atoms with Crippen LogP contribution in [0.25, 0.3) is 0 Å². The van der Waals surface area contributed by atoms with Gasteiger partial charge in [0.25, 0.3) is 0 Å². The van der Waals surface area contributed by atoms with Gasteiger partial charge in [0.1, 0.15) is 0 Å². The second-order valence-electron chi connectivity index (χ2n) is 7.42. The van der Waals surface area contributed by atoms with E-state index in [9.17, 15) is 0 Å². The van der Waals surface area contributed by atoms with Crippen LogP contribution in [0.4, 0.5) is 0 Å². The average Bonchev–Trinajstić information content (AvgIpc) is 3.49. The van der Waals surface area contributed by atoms with Gasteiger partial charge >= 0.3 is 0 Å². The molecule has 3 aromatic rings. The van der Waals surface area contributed by atoms with Crippen molar-refractivity contribution in [2.24, 2.45) is 0 Å². The highest BCUT2D eigenvalue weighted by Crippen LogP contribution is 2.42. The van der Waals surface area contributed by atoms with Crippen LogP contribution in [-0.2, 0) is 12.8 Å². The highest BCUT2D eigenvalue weighted by molar-refractivity contribution is 9.10. The zero-order valence-electron chi connectivity index (χ0n) is 16.2. The van der Waals surface area contributed by atoms with Gasteiger partial charge in [-0.1, -0.05) is 31.9 Å². The third kappa shape index (κ3) is 3.47. The molecule has 0 bridgehead atoms. The molecule has 0 saturated heterocycles. The molecule has 3 aliphatic heterocycles.